The molecule has 0 unspecified atom stereocenters. The third-order valence-electron chi connectivity index (χ3n) is 2.81. The van der Waals surface area contributed by atoms with E-state index in [0.717, 1.165) is 5.56 Å². The zero-order valence-corrected chi connectivity index (χ0v) is 13.4. The lowest BCUT2D eigenvalue weighted by molar-refractivity contribution is -0.00515. The third-order valence-corrected chi connectivity index (χ3v) is 4.21. The molecule has 0 bridgehead atoms. The Labute approximate surface area is 121 Å². The van der Waals surface area contributed by atoms with Gasteiger partial charge in [0.2, 0.25) is 10.0 Å². The molecule has 0 spiro atoms. The fourth-order valence-corrected chi connectivity index (χ4v) is 3.09. The minimum Gasteiger partial charge on any atom is -0.375 e. The molecule has 0 amide bonds. The van der Waals surface area contributed by atoms with Crippen LogP contribution in [0.1, 0.15) is 26.3 Å². The van der Waals surface area contributed by atoms with E-state index in [-0.39, 0.29) is 11.4 Å². The summed E-state index contributed by atoms with van der Waals surface area (Å²) < 4.78 is 32.6. The molecule has 0 aliphatic rings. The van der Waals surface area contributed by atoms with Gasteiger partial charge in [-0.2, -0.15) is 0 Å². The Morgan fingerprint density at radius 2 is 2.00 bits per heavy atom. The average molecular weight is 300 g/mol. The van der Waals surface area contributed by atoms with E-state index in [1.54, 1.807) is 18.2 Å². The standard InChI is InChI=1S/C14H24N2O3S/c1-5-19-14(2,3)11-16-20(17,18)13-8-6-7-12(9-13)10-15-4/h6-9,15-16H,5,10-11H2,1-4H3. The van der Waals surface area contributed by atoms with Crippen LogP contribution in [0.3, 0.4) is 0 Å². The molecule has 114 valence electrons. The van der Waals surface area contributed by atoms with E-state index in [9.17, 15) is 8.42 Å². The quantitative estimate of drug-likeness (QED) is 0.763. The molecule has 0 saturated carbocycles. The SMILES string of the molecule is CCOC(C)(C)CNS(=O)(=O)c1cccc(CNC)c1. The van der Waals surface area contributed by atoms with Crippen LogP contribution in [0.25, 0.3) is 0 Å². The maximum Gasteiger partial charge on any atom is 0.240 e. The summed E-state index contributed by atoms with van der Waals surface area (Å²) in [4.78, 5) is 0.276. The maximum absolute atomic E-state index is 12.3. The first-order valence-corrected chi connectivity index (χ1v) is 8.16. The summed E-state index contributed by atoms with van der Waals surface area (Å²) >= 11 is 0. The highest BCUT2D eigenvalue weighted by Crippen LogP contribution is 2.13. The second-order valence-corrected chi connectivity index (χ2v) is 6.96. The number of hydrogen-bond acceptors (Lipinski definition) is 4. The van der Waals surface area contributed by atoms with Crippen molar-refractivity contribution in [3.63, 3.8) is 0 Å². The Kier molecular flexibility index (Phi) is 6.13. The molecular formula is C14H24N2O3S. The summed E-state index contributed by atoms with van der Waals surface area (Å²) in [6.07, 6.45) is 0. The average Bonchev–Trinajstić information content (AvgIpc) is 2.38. The van der Waals surface area contributed by atoms with Crippen LogP contribution in [0, 0.1) is 0 Å². The molecule has 0 radical (unpaired) electrons. The van der Waals surface area contributed by atoms with Gasteiger partial charge in [0.25, 0.3) is 0 Å². The van der Waals surface area contributed by atoms with Crippen molar-refractivity contribution >= 4 is 10.0 Å². The number of benzene rings is 1. The summed E-state index contributed by atoms with van der Waals surface area (Å²) in [6, 6.07) is 6.90. The molecule has 0 aromatic heterocycles. The van der Waals surface area contributed by atoms with E-state index in [2.05, 4.69) is 10.0 Å². The molecule has 0 aliphatic heterocycles. The number of hydrogen-bond donors (Lipinski definition) is 2. The van der Waals surface area contributed by atoms with E-state index < -0.39 is 15.6 Å². The van der Waals surface area contributed by atoms with E-state index >= 15 is 0 Å². The number of rotatable bonds is 8. The molecule has 1 aromatic rings. The summed E-state index contributed by atoms with van der Waals surface area (Å²) in [5.41, 5.74) is 0.407. The topological polar surface area (TPSA) is 67.4 Å². The Morgan fingerprint density at radius 1 is 1.30 bits per heavy atom. The summed E-state index contributed by atoms with van der Waals surface area (Å²) in [6.45, 7) is 7.02. The number of ether oxygens (including phenoxy) is 1. The van der Waals surface area contributed by atoms with Crippen molar-refractivity contribution in [1.29, 1.82) is 0 Å². The zero-order valence-electron chi connectivity index (χ0n) is 12.6. The molecule has 1 rings (SSSR count). The molecule has 2 N–H and O–H groups in total. The number of nitrogens with one attached hydrogen (secondary N) is 2. The highest BCUT2D eigenvalue weighted by atomic mass is 32.2. The first kappa shape index (κ1) is 17.1. The fourth-order valence-electron chi connectivity index (χ4n) is 1.82. The summed E-state index contributed by atoms with van der Waals surface area (Å²) in [5.74, 6) is 0. The molecule has 5 nitrogen and oxygen atoms in total. The van der Waals surface area contributed by atoms with Crippen LogP contribution in [0.5, 0.6) is 0 Å². The van der Waals surface area contributed by atoms with Gasteiger partial charge in [0, 0.05) is 19.7 Å². The third kappa shape index (κ3) is 5.20. The van der Waals surface area contributed by atoms with Crippen molar-refractivity contribution in [3.8, 4) is 0 Å². The first-order chi connectivity index (χ1) is 9.30. The van der Waals surface area contributed by atoms with Gasteiger partial charge >= 0.3 is 0 Å². The van der Waals surface area contributed by atoms with Gasteiger partial charge in [-0.1, -0.05) is 12.1 Å². The van der Waals surface area contributed by atoms with Crippen molar-refractivity contribution in [2.75, 3.05) is 20.2 Å². The molecular weight excluding hydrogens is 276 g/mol. The Hall–Kier alpha value is -0.950. The predicted molar refractivity (Wildman–Crippen MR) is 80.1 cm³/mol. The van der Waals surface area contributed by atoms with Gasteiger partial charge < -0.3 is 10.1 Å². The van der Waals surface area contributed by atoms with Crippen LogP contribution in [0.4, 0.5) is 0 Å². The lowest BCUT2D eigenvalue weighted by Crippen LogP contribution is -2.40. The van der Waals surface area contributed by atoms with Gasteiger partial charge in [-0.05, 0) is 45.5 Å². The highest BCUT2D eigenvalue weighted by Gasteiger charge is 2.22. The largest absolute Gasteiger partial charge is 0.375 e. The van der Waals surface area contributed by atoms with Gasteiger partial charge in [-0.15, -0.1) is 0 Å². The van der Waals surface area contributed by atoms with Gasteiger partial charge in [0.15, 0.2) is 0 Å². The van der Waals surface area contributed by atoms with Gasteiger partial charge in [-0.3, -0.25) is 0 Å². The first-order valence-electron chi connectivity index (χ1n) is 6.68. The van der Waals surface area contributed by atoms with Crippen molar-refractivity contribution in [2.45, 2.75) is 37.8 Å². The molecule has 20 heavy (non-hydrogen) atoms. The highest BCUT2D eigenvalue weighted by molar-refractivity contribution is 7.89. The minimum atomic E-state index is -3.51. The second-order valence-electron chi connectivity index (χ2n) is 5.19. The van der Waals surface area contributed by atoms with Crippen molar-refractivity contribution in [1.82, 2.24) is 10.0 Å². The smallest absolute Gasteiger partial charge is 0.240 e. The predicted octanol–water partition coefficient (Wildman–Crippen LogP) is 1.50. The Bertz CT molecular complexity index is 527. The van der Waals surface area contributed by atoms with E-state index in [4.69, 9.17) is 4.74 Å². The van der Waals surface area contributed by atoms with Crippen LogP contribution in [-0.2, 0) is 21.3 Å². The monoisotopic (exact) mass is 300 g/mol. The van der Waals surface area contributed by atoms with Crippen molar-refractivity contribution < 1.29 is 13.2 Å². The normalized spacial score (nSPS) is 12.6. The van der Waals surface area contributed by atoms with Crippen LogP contribution >= 0.6 is 0 Å². The van der Waals surface area contributed by atoms with Crippen molar-refractivity contribution in [3.05, 3.63) is 29.8 Å². The summed E-state index contributed by atoms with van der Waals surface area (Å²) in [7, 11) is -1.69. The molecule has 0 saturated heterocycles. The summed E-state index contributed by atoms with van der Waals surface area (Å²) in [5, 5.41) is 3.00. The fraction of sp³-hybridized carbons (Fsp3) is 0.571. The van der Waals surface area contributed by atoms with E-state index in [1.807, 2.05) is 33.9 Å². The van der Waals surface area contributed by atoms with Crippen LogP contribution < -0.4 is 10.0 Å². The lowest BCUT2D eigenvalue weighted by atomic mass is 10.1. The van der Waals surface area contributed by atoms with Gasteiger partial charge in [0.1, 0.15) is 0 Å². The molecule has 1 aromatic carbocycles. The van der Waals surface area contributed by atoms with Crippen LogP contribution in [0.2, 0.25) is 0 Å². The second kappa shape index (κ2) is 7.17. The van der Waals surface area contributed by atoms with E-state index in [1.165, 1.54) is 0 Å². The molecule has 6 heteroatoms. The maximum atomic E-state index is 12.3. The van der Waals surface area contributed by atoms with Gasteiger partial charge in [0.05, 0.1) is 10.5 Å². The Balaban J connectivity index is 2.81. The number of sulfonamides is 1. The van der Waals surface area contributed by atoms with Crippen LogP contribution in [-0.4, -0.2) is 34.2 Å². The molecule has 0 atom stereocenters. The van der Waals surface area contributed by atoms with Crippen LogP contribution in [0.15, 0.2) is 29.2 Å². The Morgan fingerprint density at radius 3 is 2.60 bits per heavy atom. The lowest BCUT2D eigenvalue weighted by Gasteiger charge is -2.24. The minimum absolute atomic E-state index is 0.236. The molecule has 0 fully saturated rings. The van der Waals surface area contributed by atoms with Crippen molar-refractivity contribution in [2.24, 2.45) is 0 Å². The van der Waals surface area contributed by atoms with E-state index in [0.29, 0.717) is 13.2 Å². The van der Waals surface area contributed by atoms with Gasteiger partial charge in [-0.25, -0.2) is 13.1 Å². The molecule has 0 heterocycles. The molecule has 0 aliphatic carbocycles. The zero-order chi connectivity index (χ0) is 15.2.